The van der Waals surface area contributed by atoms with E-state index in [1.54, 1.807) is 59.5 Å². The van der Waals surface area contributed by atoms with Crippen LogP contribution in [0.4, 0.5) is 4.39 Å². The minimum atomic E-state index is -0.356. The van der Waals surface area contributed by atoms with E-state index in [4.69, 9.17) is 14.7 Å². The van der Waals surface area contributed by atoms with Crippen LogP contribution in [0.2, 0.25) is 0 Å². The highest BCUT2D eigenvalue weighted by molar-refractivity contribution is 5.98. The van der Waals surface area contributed by atoms with E-state index in [1.807, 2.05) is 0 Å². The fraction of sp³-hybridized carbons (Fsp3) is 0.130. The highest BCUT2D eigenvalue weighted by atomic mass is 19.1. The van der Waals surface area contributed by atoms with Crippen LogP contribution in [-0.2, 0) is 13.1 Å². The van der Waals surface area contributed by atoms with E-state index >= 15 is 0 Å². The van der Waals surface area contributed by atoms with Gasteiger partial charge in [0.25, 0.3) is 5.91 Å². The highest BCUT2D eigenvalue weighted by Crippen LogP contribution is 2.36. The lowest BCUT2D eigenvalue weighted by Gasteiger charge is -2.24. The number of halogens is 1. The fourth-order valence-electron chi connectivity index (χ4n) is 3.23. The van der Waals surface area contributed by atoms with Gasteiger partial charge >= 0.3 is 0 Å². The minimum Gasteiger partial charge on any atom is -0.454 e. The molecule has 0 atom stereocenters. The Bertz CT molecular complexity index is 1090. The zero-order valence-corrected chi connectivity index (χ0v) is 15.5. The number of rotatable bonds is 5. The van der Waals surface area contributed by atoms with Gasteiger partial charge in [-0.2, -0.15) is 5.26 Å². The molecule has 0 unspecified atom stereocenters. The summed E-state index contributed by atoms with van der Waals surface area (Å²) in [5.41, 5.74) is 2.48. The number of ether oxygens (including phenoxy) is 2. The Balaban J connectivity index is 1.66. The van der Waals surface area contributed by atoms with Crippen molar-refractivity contribution in [3.05, 3.63) is 94.8 Å². The molecule has 1 amide bonds. The van der Waals surface area contributed by atoms with Crippen LogP contribution >= 0.6 is 0 Å². The van der Waals surface area contributed by atoms with Crippen LogP contribution in [0.5, 0.6) is 11.5 Å². The molecule has 0 saturated heterocycles. The third kappa shape index (κ3) is 4.04. The summed E-state index contributed by atoms with van der Waals surface area (Å²) in [7, 11) is 0. The summed E-state index contributed by atoms with van der Waals surface area (Å²) < 4.78 is 24.5. The Morgan fingerprint density at radius 2 is 1.76 bits per heavy atom. The molecule has 0 N–H and O–H groups in total. The molecule has 6 heteroatoms. The first-order valence-corrected chi connectivity index (χ1v) is 9.05. The van der Waals surface area contributed by atoms with E-state index in [2.05, 4.69) is 6.07 Å². The number of carbonyl (C=O) groups is 1. The van der Waals surface area contributed by atoms with Crippen molar-refractivity contribution < 1.29 is 18.7 Å². The van der Waals surface area contributed by atoms with Crippen molar-refractivity contribution in [2.24, 2.45) is 0 Å². The molecule has 3 aromatic rings. The lowest BCUT2D eigenvalue weighted by molar-refractivity contribution is 0.0725. The molecule has 1 heterocycles. The summed E-state index contributed by atoms with van der Waals surface area (Å²) in [6, 6.07) is 20.4. The molecular formula is C23H17FN2O3. The average molecular weight is 388 g/mol. The number of hydrogen-bond donors (Lipinski definition) is 0. The Labute approximate surface area is 167 Å². The summed E-state index contributed by atoms with van der Waals surface area (Å²) in [5.74, 6) is 0.341. The summed E-state index contributed by atoms with van der Waals surface area (Å²) in [6.07, 6.45) is 0. The molecule has 0 radical (unpaired) electrons. The molecule has 4 rings (SSSR count). The monoisotopic (exact) mass is 388 g/mol. The van der Waals surface area contributed by atoms with Gasteiger partial charge in [-0.25, -0.2) is 4.39 Å². The zero-order valence-electron chi connectivity index (χ0n) is 15.5. The third-order valence-electron chi connectivity index (χ3n) is 4.63. The maximum absolute atomic E-state index is 13.7. The van der Waals surface area contributed by atoms with E-state index in [1.165, 1.54) is 12.1 Å². The molecule has 0 fully saturated rings. The first-order valence-electron chi connectivity index (χ1n) is 9.05. The Morgan fingerprint density at radius 1 is 1.00 bits per heavy atom. The van der Waals surface area contributed by atoms with Crippen molar-refractivity contribution in [3.63, 3.8) is 0 Å². The van der Waals surface area contributed by atoms with Gasteiger partial charge in [-0.05, 0) is 47.5 Å². The van der Waals surface area contributed by atoms with Crippen LogP contribution < -0.4 is 9.47 Å². The van der Waals surface area contributed by atoms with E-state index < -0.39 is 0 Å². The van der Waals surface area contributed by atoms with Crippen LogP contribution in [0.15, 0.2) is 66.7 Å². The first-order chi connectivity index (χ1) is 14.1. The second-order valence-electron chi connectivity index (χ2n) is 6.64. The van der Waals surface area contributed by atoms with Gasteiger partial charge in [0.05, 0.1) is 17.2 Å². The quantitative estimate of drug-likeness (QED) is 0.655. The second-order valence-corrected chi connectivity index (χ2v) is 6.64. The molecule has 1 aliphatic heterocycles. The second kappa shape index (κ2) is 8.03. The van der Waals surface area contributed by atoms with E-state index in [0.717, 1.165) is 5.56 Å². The SMILES string of the molecule is N#Cc1ccc(CN(Cc2cccc(F)c2)C(=O)c2cccc3c2OCO3)cc1. The van der Waals surface area contributed by atoms with Crippen molar-refractivity contribution in [2.45, 2.75) is 13.1 Å². The number of para-hydroxylation sites is 1. The van der Waals surface area contributed by atoms with Crippen molar-refractivity contribution in [2.75, 3.05) is 6.79 Å². The molecule has 144 valence electrons. The number of fused-ring (bicyclic) bond motifs is 1. The van der Waals surface area contributed by atoms with Gasteiger partial charge in [-0.15, -0.1) is 0 Å². The molecule has 0 spiro atoms. The molecule has 0 aliphatic carbocycles. The summed E-state index contributed by atoms with van der Waals surface area (Å²) in [5, 5.41) is 8.98. The van der Waals surface area contributed by atoms with E-state index in [-0.39, 0.29) is 25.1 Å². The number of nitriles is 1. The Morgan fingerprint density at radius 3 is 2.52 bits per heavy atom. The molecular weight excluding hydrogens is 371 g/mol. The lowest BCUT2D eigenvalue weighted by Crippen LogP contribution is -2.30. The predicted molar refractivity (Wildman–Crippen MR) is 104 cm³/mol. The minimum absolute atomic E-state index is 0.0686. The summed E-state index contributed by atoms with van der Waals surface area (Å²) >= 11 is 0. The molecule has 0 aromatic heterocycles. The topological polar surface area (TPSA) is 62.6 Å². The fourth-order valence-corrected chi connectivity index (χ4v) is 3.23. The Hall–Kier alpha value is -3.85. The van der Waals surface area contributed by atoms with Gasteiger partial charge < -0.3 is 14.4 Å². The smallest absolute Gasteiger partial charge is 0.258 e. The van der Waals surface area contributed by atoms with Crippen LogP contribution in [0.1, 0.15) is 27.0 Å². The van der Waals surface area contributed by atoms with Crippen LogP contribution in [0, 0.1) is 17.1 Å². The standard InChI is InChI=1S/C23H17FN2O3/c24-19-4-1-3-18(11-19)14-26(13-17-9-7-16(12-25)8-10-17)23(27)20-5-2-6-21-22(20)29-15-28-21/h1-11H,13-15H2. The number of hydrogen-bond acceptors (Lipinski definition) is 4. The van der Waals surface area contributed by atoms with Gasteiger partial charge in [0, 0.05) is 13.1 Å². The van der Waals surface area contributed by atoms with Gasteiger partial charge in [0.2, 0.25) is 6.79 Å². The van der Waals surface area contributed by atoms with Crippen molar-refractivity contribution >= 4 is 5.91 Å². The van der Waals surface area contributed by atoms with Gasteiger partial charge in [-0.1, -0.05) is 30.3 Å². The maximum atomic E-state index is 13.7. The van der Waals surface area contributed by atoms with Crippen LogP contribution in [0.25, 0.3) is 0 Å². The summed E-state index contributed by atoms with van der Waals surface area (Å²) in [6.45, 7) is 0.589. The van der Waals surface area contributed by atoms with Crippen molar-refractivity contribution in [1.82, 2.24) is 4.90 Å². The van der Waals surface area contributed by atoms with Crippen LogP contribution in [-0.4, -0.2) is 17.6 Å². The van der Waals surface area contributed by atoms with Crippen molar-refractivity contribution in [1.29, 1.82) is 5.26 Å². The molecule has 5 nitrogen and oxygen atoms in total. The predicted octanol–water partition coefficient (Wildman–Crippen LogP) is 4.27. The first kappa shape index (κ1) is 18.5. The maximum Gasteiger partial charge on any atom is 0.258 e. The molecule has 1 aliphatic rings. The molecule has 0 bridgehead atoms. The van der Waals surface area contributed by atoms with Crippen LogP contribution in [0.3, 0.4) is 0 Å². The van der Waals surface area contributed by atoms with Gasteiger partial charge in [0.1, 0.15) is 5.82 Å². The van der Waals surface area contributed by atoms with E-state index in [9.17, 15) is 9.18 Å². The van der Waals surface area contributed by atoms with Crippen molar-refractivity contribution in [3.8, 4) is 17.6 Å². The number of amides is 1. The zero-order chi connectivity index (χ0) is 20.2. The molecule has 29 heavy (non-hydrogen) atoms. The normalized spacial score (nSPS) is 11.7. The number of carbonyl (C=O) groups excluding carboxylic acids is 1. The lowest BCUT2D eigenvalue weighted by atomic mass is 10.1. The Kier molecular flexibility index (Phi) is 5.12. The largest absolute Gasteiger partial charge is 0.454 e. The van der Waals surface area contributed by atoms with Gasteiger partial charge in [-0.3, -0.25) is 4.79 Å². The third-order valence-corrected chi connectivity index (χ3v) is 4.63. The number of benzene rings is 3. The molecule has 3 aromatic carbocycles. The number of nitrogens with zero attached hydrogens (tertiary/aromatic N) is 2. The van der Waals surface area contributed by atoms with Gasteiger partial charge in [0.15, 0.2) is 11.5 Å². The highest BCUT2D eigenvalue weighted by Gasteiger charge is 2.25. The summed E-state index contributed by atoms with van der Waals surface area (Å²) in [4.78, 5) is 15.0. The van der Waals surface area contributed by atoms with E-state index in [0.29, 0.717) is 34.7 Å². The molecule has 0 saturated carbocycles. The average Bonchev–Trinajstić information content (AvgIpc) is 3.22.